The summed E-state index contributed by atoms with van der Waals surface area (Å²) in [6, 6.07) is 28.1. The number of hydrogen-bond acceptors (Lipinski definition) is 3. The predicted octanol–water partition coefficient (Wildman–Crippen LogP) is 14.9. The number of benzene rings is 4. The minimum absolute atomic E-state index is 0.337. The van der Waals surface area contributed by atoms with Crippen molar-refractivity contribution in [2.75, 3.05) is 34.3 Å². The Balaban J connectivity index is 1.82. The van der Waals surface area contributed by atoms with Gasteiger partial charge < -0.3 is 19.3 Å². The molecule has 310 valence electrons. The number of para-hydroxylation sites is 4. The molecule has 0 radical (unpaired) electrons. The maximum absolute atomic E-state index is 4.18. The first kappa shape index (κ1) is 43.3. The van der Waals surface area contributed by atoms with Gasteiger partial charge in [0.2, 0.25) is 6.34 Å². The number of hydrogen-bond donors (Lipinski definition) is 0. The lowest BCUT2D eigenvalue weighted by molar-refractivity contribution is -0.374. The van der Waals surface area contributed by atoms with Gasteiger partial charge in [-0.1, -0.05) is 184 Å². The second-order valence-electron chi connectivity index (χ2n) is 19.5. The Kier molecular flexibility index (Phi) is 13.1. The average Bonchev–Trinajstić information content (AvgIpc) is 3.80. The highest BCUT2D eigenvalue weighted by atomic mass is 15.4. The molecule has 2 heterocycles. The third kappa shape index (κ3) is 8.02. The van der Waals surface area contributed by atoms with Gasteiger partial charge in [0, 0.05) is 24.5 Å². The molecule has 4 heteroatoms. The molecule has 4 aromatic carbocycles. The van der Waals surface area contributed by atoms with Crippen LogP contribution in [0.1, 0.15) is 203 Å². The summed E-state index contributed by atoms with van der Waals surface area (Å²) in [6.07, 6.45) is 4.18. The molecule has 1 saturated heterocycles. The Labute approximate surface area is 353 Å². The largest absolute Gasteiger partial charge is 0.330 e. The van der Waals surface area contributed by atoms with Gasteiger partial charge in [0.25, 0.3) is 0 Å². The van der Waals surface area contributed by atoms with Gasteiger partial charge in [0.1, 0.15) is 18.1 Å². The molecular weight excluding hydrogens is 705 g/mol. The van der Waals surface area contributed by atoms with Gasteiger partial charge in [-0.2, -0.15) is 0 Å². The van der Waals surface area contributed by atoms with Crippen LogP contribution < -0.4 is 14.7 Å². The molecule has 0 aromatic heterocycles. The summed E-state index contributed by atoms with van der Waals surface area (Å²) in [4.78, 5) is 7.98. The molecule has 0 N–H and O–H groups in total. The van der Waals surface area contributed by atoms with Crippen LogP contribution >= 0.6 is 0 Å². The molecule has 0 atom stereocenters. The van der Waals surface area contributed by atoms with Crippen molar-refractivity contribution in [3.8, 4) is 0 Å². The third-order valence-corrected chi connectivity index (χ3v) is 12.5. The van der Waals surface area contributed by atoms with E-state index < -0.39 is 0 Å². The highest BCUT2D eigenvalue weighted by Crippen LogP contribution is 2.48. The standard InChI is InChI=1S/C54H74N4/c1-33(2)41-21-17-22-42(34(3)4)50(41)55-31-49(58(32-55)53-47(39(13)14)27-20-28-48(53)40(15)16)54-56(51-43(35(5)6)23-18-24-44(51)36(7)8)29-30-57(54)52-45(37(9)10)25-19-26-46(52)38(11)12/h17-28,33-40H,29-31H2,1-16H3. The van der Waals surface area contributed by atoms with Gasteiger partial charge in [-0.3, -0.25) is 0 Å². The van der Waals surface area contributed by atoms with Crippen molar-refractivity contribution in [3.63, 3.8) is 0 Å². The molecule has 4 nitrogen and oxygen atoms in total. The minimum Gasteiger partial charge on any atom is -0.330 e. The Morgan fingerprint density at radius 1 is 0.397 bits per heavy atom. The number of nitrogens with zero attached hydrogens (tertiary/aromatic N) is 4. The van der Waals surface area contributed by atoms with E-state index >= 15 is 0 Å². The summed E-state index contributed by atoms with van der Waals surface area (Å²) in [5.41, 5.74) is 17.8. The lowest BCUT2D eigenvalue weighted by atomic mass is 9.91. The van der Waals surface area contributed by atoms with Crippen molar-refractivity contribution in [1.29, 1.82) is 0 Å². The molecule has 6 rings (SSSR count). The second-order valence-corrected chi connectivity index (χ2v) is 19.5. The molecule has 2 aliphatic heterocycles. The summed E-state index contributed by atoms with van der Waals surface area (Å²) in [5, 5.41) is 0. The summed E-state index contributed by atoms with van der Waals surface area (Å²) < 4.78 is 2.53. The second kappa shape index (κ2) is 17.5. The van der Waals surface area contributed by atoms with Crippen LogP contribution in [-0.4, -0.2) is 30.5 Å². The Bertz CT molecular complexity index is 1980. The van der Waals surface area contributed by atoms with E-state index in [-0.39, 0.29) is 0 Å². The number of anilines is 3. The van der Waals surface area contributed by atoms with Crippen LogP contribution in [0, 0.1) is 0 Å². The molecule has 0 amide bonds. The van der Waals surface area contributed by atoms with Gasteiger partial charge in [0.15, 0.2) is 0 Å². The van der Waals surface area contributed by atoms with Gasteiger partial charge >= 0.3 is 0 Å². The normalized spacial score (nSPS) is 15.2. The molecule has 58 heavy (non-hydrogen) atoms. The maximum atomic E-state index is 4.18. The van der Waals surface area contributed by atoms with Gasteiger partial charge in [0.05, 0.1) is 11.4 Å². The van der Waals surface area contributed by atoms with E-state index in [1.165, 1.54) is 78.8 Å². The fourth-order valence-corrected chi connectivity index (χ4v) is 9.47. The zero-order chi connectivity index (χ0) is 42.3. The zero-order valence-electron chi connectivity index (χ0n) is 39.0. The van der Waals surface area contributed by atoms with Gasteiger partial charge in [-0.05, 0) is 91.9 Å². The first-order valence-corrected chi connectivity index (χ1v) is 22.6. The third-order valence-electron chi connectivity index (χ3n) is 12.5. The smallest absolute Gasteiger partial charge is 0.245 e. The van der Waals surface area contributed by atoms with Crippen molar-refractivity contribution in [3.05, 3.63) is 129 Å². The van der Waals surface area contributed by atoms with Crippen molar-refractivity contribution < 1.29 is 4.58 Å². The van der Waals surface area contributed by atoms with Crippen molar-refractivity contribution in [2.45, 2.75) is 158 Å². The van der Waals surface area contributed by atoms with E-state index in [0.29, 0.717) is 47.3 Å². The van der Waals surface area contributed by atoms with Crippen LogP contribution in [0.25, 0.3) is 0 Å². The summed E-state index contributed by atoms with van der Waals surface area (Å²) in [7, 11) is 0. The number of rotatable bonds is 12. The van der Waals surface area contributed by atoms with Crippen LogP contribution in [0.5, 0.6) is 0 Å². The topological polar surface area (TPSA) is 12.7 Å². The van der Waals surface area contributed by atoms with Crippen molar-refractivity contribution in [2.24, 2.45) is 0 Å². The summed E-state index contributed by atoms with van der Waals surface area (Å²) in [6.45, 7) is 40.2. The van der Waals surface area contributed by atoms with Gasteiger partial charge in [-0.25, -0.2) is 0 Å². The molecular formula is C54H74N4. The van der Waals surface area contributed by atoms with E-state index in [1.54, 1.807) is 0 Å². The van der Waals surface area contributed by atoms with Crippen LogP contribution in [0.2, 0.25) is 0 Å². The Morgan fingerprint density at radius 2 is 0.672 bits per heavy atom. The van der Waals surface area contributed by atoms with Gasteiger partial charge in [-0.15, -0.1) is 0 Å². The lowest BCUT2D eigenvalue weighted by Crippen LogP contribution is -2.31. The van der Waals surface area contributed by atoms with Crippen molar-refractivity contribution in [1.82, 2.24) is 0 Å². The highest BCUT2D eigenvalue weighted by molar-refractivity contribution is 5.85. The van der Waals surface area contributed by atoms with Crippen molar-refractivity contribution >= 4 is 29.1 Å². The molecule has 0 aliphatic carbocycles. The Hall–Kier alpha value is -4.31. The highest BCUT2D eigenvalue weighted by Gasteiger charge is 2.40. The van der Waals surface area contributed by atoms with Crippen LogP contribution in [0.15, 0.2) is 84.3 Å². The van der Waals surface area contributed by atoms with E-state index in [2.05, 4.69) is 209 Å². The lowest BCUT2D eigenvalue weighted by Gasteiger charge is -2.35. The van der Waals surface area contributed by atoms with E-state index in [0.717, 1.165) is 19.6 Å². The minimum atomic E-state index is 0.337. The molecule has 0 bridgehead atoms. The SMILES string of the molecule is CC(C)c1cccc(C(C)C)c1N1[C-]=[N+](c2c(C(C)C)cccc2C(C)C)C(=C2N(c3c(C(C)C)cccc3C(C)C)CCN2c2c(C(C)C)cccc2C(C)C)C1. The summed E-state index contributed by atoms with van der Waals surface area (Å²) in [5.74, 6) is 4.20. The quantitative estimate of drug-likeness (QED) is 0.105. The zero-order valence-corrected chi connectivity index (χ0v) is 39.0. The average molecular weight is 779 g/mol. The van der Waals surface area contributed by atoms with E-state index in [9.17, 15) is 0 Å². The Morgan fingerprint density at radius 3 is 0.966 bits per heavy atom. The van der Waals surface area contributed by atoms with Crippen LogP contribution in [0.3, 0.4) is 0 Å². The van der Waals surface area contributed by atoms with Crippen LogP contribution in [0.4, 0.5) is 22.7 Å². The molecule has 4 aromatic rings. The maximum Gasteiger partial charge on any atom is 0.245 e. The van der Waals surface area contributed by atoms with Crippen LogP contribution in [-0.2, 0) is 0 Å². The molecule has 1 fully saturated rings. The molecule has 0 saturated carbocycles. The first-order valence-electron chi connectivity index (χ1n) is 22.6. The van der Waals surface area contributed by atoms with E-state index in [1.807, 2.05) is 0 Å². The van der Waals surface area contributed by atoms with E-state index in [4.69, 9.17) is 0 Å². The first-order chi connectivity index (χ1) is 27.5. The molecule has 2 aliphatic rings. The fraction of sp³-hybridized carbons (Fsp3) is 0.500. The monoisotopic (exact) mass is 779 g/mol. The molecule has 0 spiro atoms. The molecule has 0 unspecified atom stereocenters. The summed E-state index contributed by atoms with van der Waals surface area (Å²) >= 11 is 0. The predicted molar refractivity (Wildman–Crippen MR) is 252 cm³/mol. The fourth-order valence-electron chi connectivity index (χ4n) is 9.47.